The van der Waals surface area contributed by atoms with Gasteiger partial charge in [0, 0.05) is 19.5 Å². The summed E-state index contributed by atoms with van der Waals surface area (Å²) in [7, 11) is 1.39. The van der Waals surface area contributed by atoms with Gasteiger partial charge in [-0.05, 0) is 6.42 Å². The summed E-state index contributed by atoms with van der Waals surface area (Å²) in [6.07, 6.45) is -1.51. The first-order chi connectivity index (χ1) is 9.02. The van der Waals surface area contributed by atoms with Crippen molar-refractivity contribution in [3.63, 3.8) is 0 Å². The van der Waals surface area contributed by atoms with Gasteiger partial charge in [0.15, 0.2) is 5.78 Å². The first-order valence-electron chi connectivity index (χ1n) is 6.28. The number of ether oxygens (including phenoxy) is 1. The number of hydrogen-bond acceptors (Lipinski definition) is 5. The molecule has 0 spiro atoms. The van der Waals surface area contributed by atoms with E-state index in [1.807, 2.05) is 0 Å². The zero-order valence-electron chi connectivity index (χ0n) is 10.2. The number of hydrogen-bond donors (Lipinski definition) is 1. The number of epoxide rings is 1. The highest BCUT2D eigenvalue weighted by molar-refractivity contribution is 5.90. The van der Waals surface area contributed by atoms with Crippen molar-refractivity contribution in [2.24, 2.45) is 13.0 Å². The Labute approximate surface area is 106 Å². The standard InChI is InChI=1S/C11H13N3O5/c1-12-10(17)13-3-2-4-5(14(13)11(12)18)7(16)9-8(19-9)6(4)15/h4-5,7-9,16H,2-3H2,1H3/t4-,5+,7-,8+,9-/m0/s1. The molecule has 102 valence electrons. The fourth-order valence-corrected chi connectivity index (χ4v) is 3.41. The molecule has 0 radical (unpaired) electrons. The van der Waals surface area contributed by atoms with Gasteiger partial charge in [-0.2, -0.15) is 0 Å². The lowest BCUT2D eigenvalue weighted by Gasteiger charge is -2.36. The lowest BCUT2D eigenvalue weighted by molar-refractivity contribution is -0.130. The number of Topliss-reactive ketones (excluding diaryl/α,β-unsaturated/α-hetero) is 1. The van der Waals surface area contributed by atoms with Crippen molar-refractivity contribution < 1.29 is 14.6 Å². The van der Waals surface area contributed by atoms with E-state index in [2.05, 4.69) is 0 Å². The number of carbonyl (C=O) groups excluding carboxylic acids is 1. The highest BCUT2D eigenvalue weighted by Crippen LogP contribution is 2.45. The molecule has 1 aromatic rings. The van der Waals surface area contributed by atoms with Crippen molar-refractivity contribution >= 4 is 5.78 Å². The van der Waals surface area contributed by atoms with E-state index in [9.17, 15) is 19.5 Å². The summed E-state index contributed by atoms with van der Waals surface area (Å²) in [6, 6.07) is -0.689. The minimum Gasteiger partial charge on any atom is -0.388 e. The Hall–Kier alpha value is -1.67. The molecule has 1 saturated carbocycles. The van der Waals surface area contributed by atoms with Gasteiger partial charge in [0.05, 0.1) is 6.04 Å². The summed E-state index contributed by atoms with van der Waals surface area (Å²) in [5.41, 5.74) is -0.910. The van der Waals surface area contributed by atoms with Crippen LogP contribution in [0.5, 0.6) is 0 Å². The van der Waals surface area contributed by atoms with Crippen LogP contribution in [-0.2, 0) is 23.1 Å². The molecule has 8 nitrogen and oxygen atoms in total. The van der Waals surface area contributed by atoms with E-state index < -0.39 is 41.7 Å². The zero-order chi connectivity index (χ0) is 13.5. The third-order valence-electron chi connectivity index (χ3n) is 4.46. The average molecular weight is 267 g/mol. The van der Waals surface area contributed by atoms with Gasteiger partial charge in [-0.25, -0.2) is 23.5 Å². The quantitative estimate of drug-likeness (QED) is 0.529. The normalized spacial score (nSPS) is 39.5. The molecule has 19 heavy (non-hydrogen) atoms. The number of rotatable bonds is 0. The van der Waals surface area contributed by atoms with Crippen LogP contribution in [0.4, 0.5) is 0 Å². The number of aliphatic hydroxyl groups excluding tert-OH is 1. The Balaban J connectivity index is 1.94. The summed E-state index contributed by atoms with van der Waals surface area (Å²) < 4.78 is 8.72. The predicted molar refractivity (Wildman–Crippen MR) is 60.8 cm³/mol. The van der Waals surface area contributed by atoms with Crippen LogP contribution in [0.3, 0.4) is 0 Å². The number of carbonyl (C=O) groups is 1. The van der Waals surface area contributed by atoms with E-state index in [4.69, 9.17) is 4.74 Å². The molecule has 0 unspecified atom stereocenters. The van der Waals surface area contributed by atoms with Gasteiger partial charge in [-0.1, -0.05) is 0 Å². The summed E-state index contributed by atoms with van der Waals surface area (Å²) in [6.45, 7) is 0.311. The Bertz CT molecular complexity index is 698. The van der Waals surface area contributed by atoms with Crippen molar-refractivity contribution in [1.82, 2.24) is 13.9 Å². The highest BCUT2D eigenvalue weighted by atomic mass is 16.6. The van der Waals surface area contributed by atoms with Crippen molar-refractivity contribution in [2.45, 2.75) is 37.3 Å². The highest BCUT2D eigenvalue weighted by Gasteiger charge is 2.62. The number of nitrogens with zero attached hydrogens (tertiary/aromatic N) is 3. The maximum absolute atomic E-state index is 12.1. The molecule has 2 fully saturated rings. The molecule has 1 aromatic heterocycles. The second kappa shape index (κ2) is 3.26. The van der Waals surface area contributed by atoms with Crippen molar-refractivity contribution in [3.8, 4) is 0 Å². The molecular weight excluding hydrogens is 254 g/mol. The topological polar surface area (TPSA) is 98.8 Å². The lowest BCUT2D eigenvalue weighted by Crippen LogP contribution is -2.52. The smallest absolute Gasteiger partial charge is 0.347 e. The van der Waals surface area contributed by atoms with Crippen LogP contribution in [0.15, 0.2) is 9.59 Å². The Morgan fingerprint density at radius 3 is 2.74 bits per heavy atom. The maximum Gasteiger partial charge on any atom is 0.347 e. The molecule has 0 aromatic carbocycles. The third-order valence-corrected chi connectivity index (χ3v) is 4.46. The van der Waals surface area contributed by atoms with Gasteiger partial charge in [-0.3, -0.25) is 4.79 Å². The van der Waals surface area contributed by atoms with Crippen LogP contribution in [0.2, 0.25) is 0 Å². The number of ketones is 1. The van der Waals surface area contributed by atoms with Crippen molar-refractivity contribution in [3.05, 3.63) is 21.0 Å². The Kier molecular flexibility index (Phi) is 1.92. The monoisotopic (exact) mass is 267 g/mol. The van der Waals surface area contributed by atoms with E-state index in [1.54, 1.807) is 0 Å². The van der Waals surface area contributed by atoms with Gasteiger partial charge < -0.3 is 9.84 Å². The first kappa shape index (κ1) is 11.2. The van der Waals surface area contributed by atoms with Gasteiger partial charge in [-0.15, -0.1) is 0 Å². The number of aromatic nitrogens is 3. The molecule has 1 aliphatic carbocycles. The molecule has 3 aliphatic rings. The van der Waals surface area contributed by atoms with Crippen LogP contribution in [-0.4, -0.2) is 43.1 Å². The van der Waals surface area contributed by atoms with Gasteiger partial charge in [0.2, 0.25) is 0 Å². The minimum atomic E-state index is -0.918. The molecule has 0 bridgehead atoms. The molecule has 4 rings (SSSR count). The fraction of sp³-hybridized carbons (Fsp3) is 0.727. The summed E-state index contributed by atoms with van der Waals surface area (Å²) >= 11 is 0. The van der Waals surface area contributed by atoms with Crippen LogP contribution in [0.1, 0.15) is 12.5 Å². The second-order valence-corrected chi connectivity index (χ2v) is 5.39. The van der Waals surface area contributed by atoms with E-state index >= 15 is 0 Å². The van der Waals surface area contributed by atoms with E-state index in [0.29, 0.717) is 13.0 Å². The lowest BCUT2D eigenvalue weighted by atomic mass is 9.79. The third kappa shape index (κ3) is 1.18. The molecule has 3 heterocycles. The Morgan fingerprint density at radius 1 is 1.26 bits per heavy atom. The zero-order valence-corrected chi connectivity index (χ0v) is 10.2. The largest absolute Gasteiger partial charge is 0.388 e. The second-order valence-electron chi connectivity index (χ2n) is 5.39. The van der Waals surface area contributed by atoms with Gasteiger partial charge in [0.1, 0.15) is 18.3 Å². The Morgan fingerprint density at radius 2 is 2.00 bits per heavy atom. The summed E-state index contributed by atoms with van der Waals surface area (Å²) in [4.78, 5) is 36.1. The number of aliphatic hydroxyl groups is 1. The minimum absolute atomic E-state index is 0.0604. The first-order valence-corrected chi connectivity index (χ1v) is 6.28. The fourth-order valence-electron chi connectivity index (χ4n) is 3.41. The van der Waals surface area contributed by atoms with Gasteiger partial charge in [0.25, 0.3) is 0 Å². The summed E-state index contributed by atoms with van der Waals surface area (Å²) in [5, 5.41) is 10.2. The molecule has 1 N–H and O–H groups in total. The van der Waals surface area contributed by atoms with Crippen molar-refractivity contribution in [2.75, 3.05) is 0 Å². The van der Waals surface area contributed by atoms with E-state index in [1.165, 1.54) is 16.4 Å². The van der Waals surface area contributed by atoms with Crippen LogP contribution in [0, 0.1) is 5.92 Å². The van der Waals surface area contributed by atoms with Crippen molar-refractivity contribution in [1.29, 1.82) is 0 Å². The molecule has 5 atom stereocenters. The van der Waals surface area contributed by atoms with Crippen LogP contribution >= 0.6 is 0 Å². The predicted octanol–water partition coefficient (Wildman–Crippen LogP) is -2.38. The van der Waals surface area contributed by atoms with Crippen LogP contribution in [0.25, 0.3) is 0 Å². The van der Waals surface area contributed by atoms with E-state index in [-0.39, 0.29) is 5.78 Å². The van der Waals surface area contributed by atoms with E-state index in [0.717, 1.165) is 4.57 Å². The molecule has 8 heteroatoms. The number of fused-ring (bicyclic) bond motifs is 4. The van der Waals surface area contributed by atoms with Crippen LogP contribution < -0.4 is 11.4 Å². The molecule has 1 saturated heterocycles. The summed E-state index contributed by atoms with van der Waals surface area (Å²) in [5.74, 6) is -0.506. The van der Waals surface area contributed by atoms with Gasteiger partial charge >= 0.3 is 11.4 Å². The molecular formula is C11H13N3O5. The maximum atomic E-state index is 12.1. The average Bonchev–Trinajstić information content (AvgIpc) is 3.18. The SMILES string of the molecule is Cn1c(=O)n2n(c1=O)[C@H]1[C@H](O)[C@@H]3O[C@@H]3C(=O)[C@H]1CC2. The molecule has 0 amide bonds. The molecule has 2 aliphatic heterocycles.